The van der Waals surface area contributed by atoms with Crippen molar-refractivity contribution in [1.29, 1.82) is 0 Å². The molecule has 0 unspecified atom stereocenters. The van der Waals surface area contributed by atoms with Crippen molar-refractivity contribution in [2.45, 2.75) is 52.0 Å². The fourth-order valence-electron chi connectivity index (χ4n) is 3.89. The minimum absolute atomic E-state index is 0.0527. The number of carbonyl (C=O) groups is 2. The SMILES string of the molecule is Cc1ccc(OCC(=O)Nc2ccccc2C(=O)N(C)C2CCCCC2)c(C)c1. The summed E-state index contributed by atoms with van der Waals surface area (Å²) in [5, 5.41) is 2.84. The van der Waals surface area contributed by atoms with Gasteiger partial charge in [-0.05, 0) is 50.5 Å². The van der Waals surface area contributed by atoms with Gasteiger partial charge in [0.2, 0.25) is 0 Å². The van der Waals surface area contributed by atoms with Gasteiger partial charge in [-0.15, -0.1) is 0 Å². The van der Waals surface area contributed by atoms with Gasteiger partial charge in [0.05, 0.1) is 11.3 Å². The van der Waals surface area contributed by atoms with Crippen molar-refractivity contribution >= 4 is 17.5 Å². The van der Waals surface area contributed by atoms with Crippen LogP contribution in [0.3, 0.4) is 0 Å². The molecule has 0 radical (unpaired) electrons. The molecule has 29 heavy (non-hydrogen) atoms. The van der Waals surface area contributed by atoms with Crippen LogP contribution in [-0.4, -0.2) is 36.4 Å². The van der Waals surface area contributed by atoms with Crippen LogP contribution in [-0.2, 0) is 4.79 Å². The Morgan fingerprint density at radius 2 is 1.79 bits per heavy atom. The molecule has 0 aliphatic heterocycles. The Morgan fingerprint density at radius 3 is 2.52 bits per heavy atom. The predicted molar refractivity (Wildman–Crippen MR) is 115 cm³/mol. The van der Waals surface area contributed by atoms with E-state index in [2.05, 4.69) is 5.32 Å². The molecular weight excluding hydrogens is 364 g/mol. The normalized spacial score (nSPS) is 14.3. The summed E-state index contributed by atoms with van der Waals surface area (Å²) in [6.45, 7) is 3.86. The van der Waals surface area contributed by atoms with E-state index in [1.165, 1.54) is 6.42 Å². The molecule has 2 aromatic rings. The molecule has 1 fully saturated rings. The van der Waals surface area contributed by atoms with Gasteiger partial charge in [-0.25, -0.2) is 0 Å². The summed E-state index contributed by atoms with van der Waals surface area (Å²) >= 11 is 0. The number of nitrogens with zero attached hydrogens (tertiary/aromatic N) is 1. The number of hydrogen-bond donors (Lipinski definition) is 1. The lowest BCUT2D eigenvalue weighted by Crippen LogP contribution is -2.38. The number of nitrogens with one attached hydrogen (secondary N) is 1. The van der Waals surface area contributed by atoms with Gasteiger partial charge in [-0.2, -0.15) is 0 Å². The summed E-state index contributed by atoms with van der Waals surface area (Å²) in [5.74, 6) is 0.348. The van der Waals surface area contributed by atoms with Crippen molar-refractivity contribution in [1.82, 2.24) is 4.90 Å². The van der Waals surface area contributed by atoms with Gasteiger partial charge in [-0.1, -0.05) is 49.1 Å². The quantitative estimate of drug-likeness (QED) is 0.771. The fourth-order valence-corrected chi connectivity index (χ4v) is 3.89. The molecule has 2 amide bonds. The molecule has 1 aliphatic carbocycles. The Labute approximate surface area is 173 Å². The summed E-state index contributed by atoms with van der Waals surface area (Å²) in [4.78, 5) is 27.3. The molecule has 1 saturated carbocycles. The van der Waals surface area contributed by atoms with Crippen LogP contribution in [0, 0.1) is 13.8 Å². The van der Waals surface area contributed by atoms with Crippen LogP contribution in [0.25, 0.3) is 0 Å². The van der Waals surface area contributed by atoms with E-state index >= 15 is 0 Å². The molecule has 5 heteroatoms. The molecule has 1 aliphatic rings. The maximum atomic E-state index is 13.0. The first-order valence-electron chi connectivity index (χ1n) is 10.3. The zero-order chi connectivity index (χ0) is 20.8. The first kappa shape index (κ1) is 20.9. The summed E-state index contributed by atoms with van der Waals surface area (Å²) in [5.41, 5.74) is 3.17. The van der Waals surface area contributed by atoms with Crippen LogP contribution in [0.5, 0.6) is 5.75 Å². The summed E-state index contributed by atoms with van der Waals surface area (Å²) in [6.07, 6.45) is 5.65. The second-order valence-corrected chi connectivity index (χ2v) is 7.86. The van der Waals surface area contributed by atoms with E-state index in [1.54, 1.807) is 12.1 Å². The maximum absolute atomic E-state index is 13.0. The number of benzene rings is 2. The van der Waals surface area contributed by atoms with E-state index in [9.17, 15) is 9.59 Å². The lowest BCUT2D eigenvalue weighted by atomic mass is 9.94. The average molecular weight is 395 g/mol. The number of anilines is 1. The standard InChI is InChI=1S/C24H30N2O3/c1-17-13-14-22(18(2)15-17)29-16-23(27)25-21-12-8-7-11-20(21)24(28)26(3)19-9-5-4-6-10-19/h7-8,11-15,19H,4-6,9-10,16H2,1-3H3,(H,25,27). The highest BCUT2D eigenvalue weighted by atomic mass is 16.5. The number of para-hydroxylation sites is 1. The third-order valence-electron chi connectivity index (χ3n) is 5.56. The Hall–Kier alpha value is -2.82. The lowest BCUT2D eigenvalue weighted by molar-refractivity contribution is -0.118. The largest absolute Gasteiger partial charge is 0.483 e. The Balaban J connectivity index is 1.65. The van der Waals surface area contributed by atoms with Gasteiger partial charge in [0, 0.05) is 13.1 Å². The van der Waals surface area contributed by atoms with E-state index < -0.39 is 0 Å². The average Bonchev–Trinajstić information content (AvgIpc) is 2.73. The molecule has 0 atom stereocenters. The summed E-state index contributed by atoms with van der Waals surface area (Å²) in [6, 6.07) is 13.3. The Kier molecular flexibility index (Phi) is 6.91. The van der Waals surface area contributed by atoms with E-state index in [0.29, 0.717) is 17.0 Å². The Bertz CT molecular complexity index is 872. The monoisotopic (exact) mass is 394 g/mol. The predicted octanol–water partition coefficient (Wildman–Crippen LogP) is 4.73. The van der Waals surface area contributed by atoms with E-state index in [4.69, 9.17) is 4.74 Å². The highest BCUT2D eigenvalue weighted by Gasteiger charge is 2.24. The number of aryl methyl sites for hydroxylation is 2. The van der Waals surface area contributed by atoms with Gasteiger partial charge in [0.15, 0.2) is 6.61 Å². The third-order valence-corrected chi connectivity index (χ3v) is 5.56. The summed E-state index contributed by atoms with van der Waals surface area (Å²) in [7, 11) is 1.86. The van der Waals surface area contributed by atoms with Crippen LogP contribution in [0.2, 0.25) is 0 Å². The smallest absolute Gasteiger partial charge is 0.262 e. The first-order chi connectivity index (χ1) is 14.0. The molecule has 0 aromatic heterocycles. The van der Waals surface area contributed by atoms with Crippen molar-refractivity contribution in [3.8, 4) is 5.75 Å². The zero-order valence-corrected chi connectivity index (χ0v) is 17.5. The van der Waals surface area contributed by atoms with E-state index in [-0.39, 0.29) is 24.5 Å². The van der Waals surface area contributed by atoms with Crippen molar-refractivity contribution in [2.24, 2.45) is 0 Å². The van der Waals surface area contributed by atoms with E-state index in [1.807, 2.05) is 56.1 Å². The minimum Gasteiger partial charge on any atom is -0.483 e. The molecule has 0 heterocycles. The second-order valence-electron chi connectivity index (χ2n) is 7.86. The Morgan fingerprint density at radius 1 is 1.07 bits per heavy atom. The van der Waals surface area contributed by atoms with Crippen LogP contribution in [0.15, 0.2) is 42.5 Å². The number of ether oxygens (including phenoxy) is 1. The van der Waals surface area contributed by atoms with Gasteiger partial charge >= 0.3 is 0 Å². The lowest BCUT2D eigenvalue weighted by Gasteiger charge is -2.31. The molecule has 154 valence electrons. The van der Waals surface area contributed by atoms with Crippen LogP contribution in [0.4, 0.5) is 5.69 Å². The fraction of sp³-hybridized carbons (Fsp3) is 0.417. The molecule has 0 spiro atoms. The van der Waals surface area contributed by atoms with E-state index in [0.717, 1.165) is 36.8 Å². The van der Waals surface area contributed by atoms with Gasteiger partial charge in [0.1, 0.15) is 5.75 Å². The van der Waals surface area contributed by atoms with Crippen LogP contribution >= 0.6 is 0 Å². The van der Waals surface area contributed by atoms with Crippen molar-refractivity contribution in [3.05, 3.63) is 59.2 Å². The highest BCUT2D eigenvalue weighted by Crippen LogP contribution is 2.25. The molecule has 0 saturated heterocycles. The minimum atomic E-state index is -0.287. The second kappa shape index (κ2) is 9.59. The first-order valence-corrected chi connectivity index (χ1v) is 10.3. The van der Waals surface area contributed by atoms with Crippen molar-refractivity contribution in [3.63, 3.8) is 0 Å². The maximum Gasteiger partial charge on any atom is 0.262 e. The molecule has 0 bridgehead atoms. The summed E-state index contributed by atoms with van der Waals surface area (Å²) < 4.78 is 5.66. The number of amides is 2. The molecule has 3 rings (SSSR count). The zero-order valence-electron chi connectivity index (χ0n) is 17.5. The molecular formula is C24H30N2O3. The molecule has 1 N–H and O–H groups in total. The highest BCUT2D eigenvalue weighted by molar-refractivity contribution is 6.04. The number of rotatable bonds is 6. The topological polar surface area (TPSA) is 58.6 Å². The number of carbonyl (C=O) groups excluding carboxylic acids is 2. The molecule has 5 nitrogen and oxygen atoms in total. The number of hydrogen-bond acceptors (Lipinski definition) is 3. The van der Waals surface area contributed by atoms with Crippen molar-refractivity contribution < 1.29 is 14.3 Å². The third kappa shape index (κ3) is 5.37. The van der Waals surface area contributed by atoms with Crippen LogP contribution in [0.1, 0.15) is 53.6 Å². The van der Waals surface area contributed by atoms with Gasteiger partial charge in [0.25, 0.3) is 11.8 Å². The van der Waals surface area contributed by atoms with Gasteiger partial charge < -0.3 is 15.0 Å². The van der Waals surface area contributed by atoms with Gasteiger partial charge in [-0.3, -0.25) is 9.59 Å². The van der Waals surface area contributed by atoms with Crippen LogP contribution < -0.4 is 10.1 Å². The van der Waals surface area contributed by atoms with Crippen molar-refractivity contribution in [2.75, 3.05) is 19.0 Å². The molecule has 2 aromatic carbocycles.